The number of rotatable bonds is 5. The Bertz CT molecular complexity index is 896. The Kier molecular flexibility index (Phi) is 4.57. The fraction of sp³-hybridized carbons (Fsp3) is 0.222. The number of hydrogen-bond acceptors (Lipinski definition) is 4. The van der Waals surface area contributed by atoms with Crippen LogP contribution in [-0.2, 0) is 11.3 Å². The van der Waals surface area contributed by atoms with Crippen LogP contribution in [0.2, 0.25) is 0 Å². The molecule has 3 amide bonds. The molecular formula is C18H18N4O4. The summed E-state index contributed by atoms with van der Waals surface area (Å²) in [6, 6.07) is 7.41. The molecule has 0 unspecified atom stereocenters. The Morgan fingerprint density at radius 1 is 1.19 bits per heavy atom. The van der Waals surface area contributed by atoms with Crippen LogP contribution in [0.5, 0.6) is 0 Å². The average Bonchev–Trinajstić information content (AvgIpc) is 3.16. The first kappa shape index (κ1) is 17.4. The topological polar surface area (TPSA) is 97.5 Å². The van der Waals surface area contributed by atoms with Crippen LogP contribution < -0.4 is 5.32 Å². The smallest absolute Gasteiger partial charge is 0.329 e. The fourth-order valence-electron chi connectivity index (χ4n) is 2.62. The summed E-state index contributed by atoms with van der Waals surface area (Å²) in [4.78, 5) is 35.9. The number of carbonyl (C=O) groups is 2. The normalized spacial score (nSPS) is 15.8. The van der Waals surface area contributed by atoms with E-state index in [0.29, 0.717) is 11.6 Å². The van der Waals surface area contributed by atoms with Crippen molar-refractivity contribution in [3.05, 3.63) is 69.7 Å². The van der Waals surface area contributed by atoms with Crippen LogP contribution in [0, 0.1) is 10.1 Å². The molecule has 1 N–H and O–H groups in total. The molecule has 0 saturated carbocycles. The quantitative estimate of drug-likeness (QED) is 0.386. The minimum atomic E-state index is -0.511. The minimum Gasteiger partial charge on any atom is -0.351 e. The van der Waals surface area contributed by atoms with E-state index in [-0.39, 0.29) is 17.9 Å². The van der Waals surface area contributed by atoms with E-state index in [1.165, 1.54) is 24.3 Å². The number of amides is 3. The Balaban J connectivity index is 1.75. The molecule has 2 heterocycles. The van der Waals surface area contributed by atoms with E-state index in [0.717, 1.165) is 10.5 Å². The molecule has 0 aliphatic carbocycles. The van der Waals surface area contributed by atoms with E-state index < -0.39 is 16.9 Å². The van der Waals surface area contributed by atoms with Gasteiger partial charge in [-0.15, -0.1) is 0 Å². The average molecular weight is 354 g/mol. The molecule has 2 aromatic rings. The van der Waals surface area contributed by atoms with Crippen LogP contribution in [0.25, 0.3) is 6.08 Å². The fourth-order valence-corrected chi connectivity index (χ4v) is 2.62. The van der Waals surface area contributed by atoms with E-state index in [1.807, 2.05) is 36.9 Å². The van der Waals surface area contributed by atoms with Gasteiger partial charge in [-0.2, -0.15) is 0 Å². The zero-order valence-corrected chi connectivity index (χ0v) is 14.4. The van der Waals surface area contributed by atoms with Crippen LogP contribution in [-0.4, -0.2) is 26.3 Å². The van der Waals surface area contributed by atoms with Crippen molar-refractivity contribution in [2.75, 3.05) is 0 Å². The molecule has 0 radical (unpaired) electrons. The number of aromatic nitrogens is 1. The van der Waals surface area contributed by atoms with E-state index in [9.17, 15) is 19.7 Å². The van der Waals surface area contributed by atoms with Crippen molar-refractivity contribution in [2.24, 2.45) is 0 Å². The number of nitrogens with zero attached hydrogens (tertiary/aromatic N) is 3. The second kappa shape index (κ2) is 6.83. The summed E-state index contributed by atoms with van der Waals surface area (Å²) in [5.41, 5.74) is 1.62. The van der Waals surface area contributed by atoms with Crippen LogP contribution >= 0.6 is 0 Å². The van der Waals surface area contributed by atoms with Crippen LogP contribution in [0.1, 0.15) is 31.0 Å². The lowest BCUT2D eigenvalue weighted by Gasteiger charge is -2.11. The summed E-state index contributed by atoms with van der Waals surface area (Å²) in [6.45, 7) is 4.14. The van der Waals surface area contributed by atoms with Gasteiger partial charge in [-0.3, -0.25) is 19.8 Å². The first-order valence-electron chi connectivity index (χ1n) is 8.10. The number of nitro groups is 1. The lowest BCUT2D eigenvalue weighted by molar-refractivity contribution is -0.384. The Morgan fingerprint density at radius 2 is 1.88 bits per heavy atom. The molecular weight excluding hydrogens is 336 g/mol. The molecule has 0 bridgehead atoms. The van der Waals surface area contributed by atoms with Gasteiger partial charge in [0.1, 0.15) is 5.70 Å². The summed E-state index contributed by atoms with van der Waals surface area (Å²) >= 11 is 0. The highest BCUT2D eigenvalue weighted by molar-refractivity contribution is 6.13. The summed E-state index contributed by atoms with van der Waals surface area (Å²) in [5.74, 6) is -0.425. The highest BCUT2D eigenvalue weighted by Crippen LogP contribution is 2.19. The number of non-ortho nitro benzene ring substituents is 1. The molecule has 26 heavy (non-hydrogen) atoms. The minimum absolute atomic E-state index is 0.0406. The number of benzene rings is 1. The summed E-state index contributed by atoms with van der Waals surface area (Å²) in [7, 11) is 0. The Hall–Kier alpha value is -3.42. The third-order valence-corrected chi connectivity index (χ3v) is 4.09. The van der Waals surface area contributed by atoms with Gasteiger partial charge in [0.05, 0.1) is 11.5 Å². The maximum absolute atomic E-state index is 12.5. The summed E-state index contributed by atoms with van der Waals surface area (Å²) in [5, 5.41) is 13.3. The summed E-state index contributed by atoms with van der Waals surface area (Å²) < 4.78 is 2.00. The van der Waals surface area contributed by atoms with Gasteiger partial charge >= 0.3 is 6.03 Å². The van der Waals surface area contributed by atoms with Gasteiger partial charge in [-0.05, 0) is 37.1 Å². The standard InChI is InChI=1S/C18H18N4O4/c1-12(2)20-8-7-14(10-20)9-16-17(23)21(18(24)19-16)11-13-3-5-15(6-4-13)22(25)26/h3-10,12H,11H2,1-2H3,(H,19,24)/b16-9+. The molecule has 3 rings (SSSR count). The van der Waals surface area contributed by atoms with Gasteiger partial charge in [0, 0.05) is 30.6 Å². The van der Waals surface area contributed by atoms with E-state index in [4.69, 9.17) is 0 Å². The third kappa shape index (κ3) is 3.49. The van der Waals surface area contributed by atoms with Crippen molar-refractivity contribution in [3.8, 4) is 0 Å². The highest BCUT2D eigenvalue weighted by Gasteiger charge is 2.33. The number of imide groups is 1. The molecule has 1 saturated heterocycles. The lowest BCUT2D eigenvalue weighted by atomic mass is 10.2. The van der Waals surface area contributed by atoms with Crippen molar-refractivity contribution in [1.29, 1.82) is 0 Å². The number of carbonyl (C=O) groups excluding carboxylic acids is 2. The van der Waals surface area contributed by atoms with Gasteiger partial charge in [0.25, 0.3) is 11.6 Å². The second-order valence-corrected chi connectivity index (χ2v) is 6.29. The molecule has 1 fully saturated rings. The van der Waals surface area contributed by atoms with Crippen molar-refractivity contribution in [2.45, 2.75) is 26.4 Å². The third-order valence-electron chi connectivity index (χ3n) is 4.09. The maximum atomic E-state index is 12.5. The molecule has 1 aromatic heterocycles. The van der Waals surface area contributed by atoms with Gasteiger partial charge in [0.2, 0.25) is 0 Å². The molecule has 1 aliphatic heterocycles. The van der Waals surface area contributed by atoms with Crippen molar-refractivity contribution in [1.82, 2.24) is 14.8 Å². The lowest BCUT2D eigenvalue weighted by Crippen LogP contribution is -2.30. The van der Waals surface area contributed by atoms with Crippen LogP contribution in [0.3, 0.4) is 0 Å². The Labute approximate surface area is 149 Å². The first-order chi connectivity index (χ1) is 12.3. The number of nitro benzene ring substituents is 1. The van der Waals surface area contributed by atoms with Crippen molar-refractivity contribution < 1.29 is 14.5 Å². The predicted octanol–water partition coefficient (Wildman–Crippen LogP) is 3.07. The molecule has 1 aliphatic rings. The maximum Gasteiger partial charge on any atom is 0.329 e. The largest absolute Gasteiger partial charge is 0.351 e. The molecule has 8 nitrogen and oxygen atoms in total. The van der Waals surface area contributed by atoms with Crippen molar-refractivity contribution >= 4 is 23.7 Å². The zero-order valence-electron chi connectivity index (χ0n) is 14.4. The Morgan fingerprint density at radius 3 is 2.46 bits per heavy atom. The number of nitrogens with one attached hydrogen (secondary N) is 1. The molecule has 134 valence electrons. The van der Waals surface area contributed by atoms with E-state index in [1.54, 1.807) is 6.08 Å². The van der Waals surface area contributed by atoms with E-state index >= 15 is 0 Å². The SMILES string of the molecule is CC(C)n1ccc(/C=C2/NC(=O)N(Cc3ccc([N+](=O)[O-])cc3)C2=O)c1. The molecule has 1 aromatic carbocycles. The zero-order chi connectivity index (χ0) is 18.8. The number of urea groups is 1. The molecule has 0 atom stereocenters. The van der Waals surface area contributed by atoms with Gasteiger partial charge in [0.15, 0.2) is 0 Å². The second-order valence-electron chi connectivity index (χ2n) is 6.29. The van der Waals surface area contributed by atoms with Crippen LogP contribution in [0.4, 0.5) is 10.5 Å². The monoisotopic (exact) mass is 354 g/mol. The number of hydrogen-bond donors (Lipinski definition) is 1. The molecule has 8 heteroatoms. The van der Waals surface area contributed by atoms with Gasteiger partial charge < -0.3 is 9.88 Å². The van der Waals surface area contributed by atoms with Gasteiger partial charge in [-0.1, -0.05) is 12.1 Å². The van der Waals surface area contributed by atoms with Crippen LogP contribution in [0.15, 0.2) is 48.4 Å². The van der Waals surface area contributed by atoms with E-state index in [2.05, 4.69) is 5.32 Å². The predicted molar refractivity (Wildman–Crippen MR) is 95.0 cm³/mol. The molecule has 0 spiro atoms. The first-order valence-corrected chi connectivity index (χ1v) is 8.10. The summed E-state index contributed by atoms with van der Waals surface area (Å²) in [6.07, 6.45) is 5.44. The highest BCUT2D eigenvalue weighted by atomic mass is 16.6. The van der Waals surface area contributed by atoms with Crippen molar-refractivity contribution in [3.63, 3.8) is 0 Å². The van der Waals surface area contributed by atoms with Gasteiger partial charge in [-0.25, -0.2) is 4.79 Å².